The first-order valence-electron chi connectivity index (χ1n) is 6.04. The molecule has 1 aromatic carbocycles. The Hall–Kier alpha value is -1.48. The second-order valence-corrected chi connectivity index (χ2v) is 5.34. The van der Waals surface area contributed by atoms with Gasteiger partial charge < -0.3 is 15.6 Å². The maximum atomic E-state index is 5.97. The number of nitrogens with zero attached hydrogens (tertiary/aromatic N) is 1. The third-order valence-electron chi connectivity index (χ3n) is 2.98. The van der Waals surface area contributed by atoms with Crippen LogP contribution in [0.15, 0.2) is 30.5 Å². The summed E-state index contributed by atoms with van der Waals surface area (Å²) in [5.74, 6) is 0. The van der Waals surface area contributed by atoms with Gasteiger partial charge in [0.25, 0.3) is 0 Å². The van der Waals surface area contributed by atoms with Crippen LogP contribution in [0.3, 0.4) is 0 Å². The van der Waals surface area contributed by atoms with Gasteiger partial charge in [-0.25, -0.2) is 0 Å². The molecule has 0 saturated heterocycles. The molecule has 0 aliphatic carbocycles. The molecule has 0 radical (unpaired) electrons. The highest BCUT2D eigenvalue weighted by molar-refractivity contribution is 5.92. The van der Waals surface area contributed by atoms with E-state index in [1.165, 1.54) is 16.6 Å². The highest BCUT2D eigenvalue weighted by Gasteiger charge is 2.10. The predicted octanol–water partition coefficient (Wildman–Crippen LogP) is 2.72. The fourth-order valence-corrected chi connectivity index (χ4v) is 2.00. The van der Waals surface area contributed by atoms with Gasteiger partial charge in [0.2, 0.25) is 0 Å². The molecule has 3 N–H and O–H groups in total. The Kier molecular flexibility index (Phi) is 3.11. The van der Waals surface area contributed by atoms with Crippen molar-refractivity contribution < 1.29 is 0 Å². The summed E-state index contributed by atoms with van der Waals surface area (Å²) in [4.78, 5) is 0. The Morgan fingerprint density at radius 3 is 2.71 bits per heavy atom. The van der Waals surface area contributed by atoms with Crippen molar-refractivity contribution in [1.29, 1.82) is 0 Å². The molecule has 17 heavy (non-hydrogen) atoms. The monoisotopic (exact) mass is 231 g/mol. The smallest absolute Gasteiger partial charge is 0.0600 e. The molecule has 0 spiro atoms. The van der Waals surface area contributed by atoms with E-state index >= 15 is 0 Å². The van der Waals surface area contributed by atoms with Crippen LogP contribution >= 0.6 is 0 Å². The van der Waals surface area contributed by atoms with Crippen LogP contribution in [-0.2, 0) is 7.05 Å². The third kappa shape index (κ3) is 2.80. The van der Waals surface area contributed by atoms with E-state index in [0.717, 1.165) is 13.0 Å². The lowest BCUT2D eigenvalue weighted by atomic mass is 10.0. The first-order valence-corrected chi connectivity index (χ1v) is 6.04. The maximum absolute atomic E-state index is 5.97. The molecule has 2 rings (SSSR count). The van der Waals surface area contributed by atoms with E-state index in [2.05, 4.69) is 61.2 Å². The Balaban J connectivity index is 2.14. The Bertz CT molecular complexity index is 506. The van der Waals surface area contributed by atoms with Crippen LogP contribution in [-0.4, -0.2) is 16.7 Å². The van der Waals surface area contributed by atoms with Gasteiger partial charge >= 0.3 is 0 Å². The molecule has 0 unspecified atom stereocenters. The zero-order valence-electron chi connectivity index (χ0n) is 10.8. The van der Waals surface area contributed by atoms with Crippen LogP contribution in [0.2, 0.25) is 0 Å². The van der Waals surface area contributed by atoms with Gasteiger partial charge in [0.15, 0.2) is 0 Å². The minimum absolute atomic E-state index is 0.114. The molecule has 0 aliphatic rings. The number of nitrogens with one attached hydrogen (secondary N) is 1. The molecule has 0 aliphatic heterocycles. The Morgan fingerprint density at radius 1 is 1.29 bits per heavy atom. The van der Waals surface area contributed by atoms with Crippen molar-refractivity contribution in [3.8, 4) is 0 Å². The van der Waals surface area contributed by atoms with Gasteiger partial charge in [0.1, 0.15) is 0 Å². The molecule has 0 amide bonds. The van der Waals surface area contributed by atoms with Crippen molar-refractivity contribution in [2.24, 2.45) is 12.8 Å². The Morgan fingerprint density at radius 2 is 2.00 bits per heavy atom. The van der Waals surface area contributed by atoms with Crippen LogP contribution in [0.4, 0.5) is 5.69 Å². The molecule has 3 heteroatoms. The first-order chi connectivity index (χ1) is 7.97. The summed E-state index contributed by atoms with van der Waals surface area (Å²) in [5.41, 5.74) is 8.30. The van der Waals surface area contributed by atoms with E-state index in [1.54, 1.807) is 0 Å². The van der Waals surface area contributed by atoms with Gasteiger partial charge in [-0.3, -0.25) is 0 Å². The summed E-state index contributed by atoms with van der Waals surface area (Å²) in [6, 6.07) is 8.41. The summed E-state index contributed by atoms with van der Waals surface area (Å²) >= 11 is 0. The van der Waals surface area contributed by atoms with Gasteiger partial charge in [-0.2, -0.15) is 0 Å². The van der Waals surface area contributed by atoms with Crippen molar-refractivity contribution in [3.63, 3.8) is 0 Å². The second-order valence-electron chi connectivity index (χ2n) is 5.34. The Labute approximate surface area is 103 Å². The number of aryl methyl sites for hydroxylation is 1. The fourth-order valence-electron chi connectivity index (χ4n) is 2.00. The number of hydrogen-bond donors (Lipinski definition) is 2. The predicted molar refractivity (Wildman–Crippen MR) is 74.3 cm³/mol. The molecule has 3 nitrogen and oxygen atoms in total. The topological polar surface area (TPSA) is 43.0 Å². The summed E-state index contributed by atoms with van der Waals surface area (Å²) in [6.45, 7) is 5.01. The number of para-hydroxylation sites is 1. The quantitative estimate of drug-likeness (QED) is 0.849. The van der Waals surface area contributed by atoms with Crippen molar-refractivity contribution in [1.82, 2.24) is 4.57 Å². The van der Waals surface area contributed by atoms with Gasteiger partial charge in [0.05, 0.1) is 5.69 Å². The zero-order chi connectivity index (χ0) is 12.5. The van der Waals surface area contributed by atoms with E-state index in [9.17, 15) is 0 Å². The van der Waals surface area contributed by atoms with Gasteiger partial charge in [-0.05, 0) is 26.3 Å². The lowest BCUT2D eigenvalue weighted by Gasteiger charge is -2.18. The summed E-state index contributed by atoms with van der Waals surface area (Å²) < 4.78 is 2.14. The van der Waals surface area contributed by atoms with E-state index < -0.39 is 0 Å². The first kappa shape index (κ1) is 12.0. The third-order valence-corrected chi connectivity index (χ3v) is 2.98. The summed E-state index contributed by atoms with van der Waals surface area (Å²) in [5, 5.41) is 4.73. The number of fused-ring (bicyclic) bond motifs is 1. The number of anilines is 1. The number of hydrogen-bond acceptors (Lipinski definition) is 2. The maximum Gasteiger partial charge on any atom is 0.0600 e. The standard InChI is InChI=1S/C14H21N3/c1-14(2,15)8-9-16-12-10-17(3)13-7-5-4-6-11(12)13/h4-7,10,16H,8-9,15H2,1-3H3. The average Bonchev–Trinajstić information content (AvgIpc) is 2.55. The van der Waals surface area contributed by atoms with Gasteiger partial charge in [-0.1, -0.05) is 18.2 Å². The molecular weight excluding hydrogens is 210 g/mol. The zero-order valence-corrected chi connectivity index (χ0v) is 10.8. The van der Waals surface area contributed by atoms with Crippen LogP contribution in [0.1, 0.15) is 20.3 Å². The number of rotatable bonds is 4. The molecule has 0 atom stereocenters. The SMILES string of the molecule is Cn1cc(NCCC(C)(C)N)c2ccccc21. The molecule has 0 saturated carbocycles. The van der Waals surface area contributed by atoms with Crippen molar-refractivity contribution in [3.05, 3.63) is 30.5 Å². The molecular formula is C14H21N3. The van der Waals surface area contributed by atoms with E-state index in [4.69, 9.17) is 5.73 Å². The molecule has 0 bridgehead atoms. The minimum Gasteiger partial charge on any atom is -0.383 e. The normalized spacial score (nSPS) is 12.0. The van der Waals surface area contributed by atoms with Gasteiger partial charge in [0, 0.05) is 36.2 Å². The number of aromatic nitrogens is 1. The number of benzene rings is 1. The lowest BCUT2D eigenvalue weighted by molar-refractivity contribution is 0.491. The van der Waals surface area contributed by atoms with Crippen molar-refractivity contribution >= 4 is 16.6 Å². The second kappa shape index (κ2) is 4.41. The number of nitrogens with two attached hydrogens (primary N) is 1. The highest BCUT2D eigenvalue weighted by Crippen LogP contribution is 2.24. The van der Waals surface area contributed by atoms with E-state index in [-0.39, 0.29) is 5.54 Å². The van der Waals surface area contributed by atoms with Crippen LogP contribution in [0.5, 0.6) is 0 Å². The molecule has 1 aromatic heterocycles. The van der Waals surface area contributed by atoms with Gasteiger partial charge in [-0.15, -0.1) is 0 Å². The molecule has 0 fully saturated rings. The van der Waals surface area contributed by atoms with E-state index in [1.807, 2.05) is 0 Å². The van der Waals surface area contributed by atoms with Crippen LogP contribution in [0.25, 0.3) is 10.9 Å². The minimum atomic E-state index is -0.114. The average molecular weight is 231 g/mol. The molecule has 92 valence electrons. The summed E-state index contributed by atoms with van der Waals surface area (Å²) in [7, 11) is 2.07. The fraction of sp³-hybridized carbons (Fsp3) is 0.429. The summed E-state index contributed by atoms with van der Waals surface area (Å²) in [6.07, 6.45) is 3.09. The molecule has 2 aromatic rings. The largest absolute Gasteiger partial charge is 0.383 e. The van der Waals surface area contributed by atoms with Crippen molar-refractivity contribution in [2.75, 3.05) is 11.9 Å². The highest BCUT2D eigenvalue weighted by atomic mass is 15.0. The van der Waals surface area contributed by atoms with Crippen molar-refractivity contribution in [2.45, 2.75) is 25.8 Å². The van der Waals surface area contributed by atoms with Crippen LogP contribution < -0.4 is 11.1 Å². The molecule has 1 heterocycles. The van der Waals surface area contributed by atoms with E-state index in [0.29, 0.717) is 0 Å². The van der Waals surface area contributed by atoms with Crippen LogP contribution in [0, 0.1) is 0 Å². The lowest BCUT2D eigenvalue weighted by Crippen LogP contribution is -2.34.